The molecule has 0 bridgehead atoms. The summed E-state index contributed by atoms with van der Waals surface area (Å²) in [5.74, 6) is 0.739. The van der Waals surface area contributed by atoms with Crippen molar-refractivity contribution in [2.45, 2.75) is 4.90 Å². The van der Waals surface area contributed by atoms with Gasteiger partial charge in [-0.15, -0.1) is 11.3 Å². The molecular formula is C15H11NO4S2. The first-order chi connectivity index (χ1) is 10.6. The standard InChI is InChI=1S/C15H11NO4S2/c17-10-12-5-8-14(20-12)11-3-6-13(7-4-11)22(18,19)16-15-2-1-9-21-15/h1-10,16H. The smallest absolute Gasteiger partial charge is 0.262 e. The summed E-state index contributed by atoms with van der Waals surface area (Å²) >= 11 is 1.31. The van der Waals surface area contributed by atoms with Gasteiger partial charge >= 0.3 is 0 Å². The molecule has 0 saturated carbocycles. The van der Waals surface area contributed by atoms with Crippen LogP contribution in [0, 0.1) is 0 Å². The molecule has 7 heteroatoms. The van der Waals surface area contributed by atoms with E-state index < -0.39 is 10.0 Å². The van der Waals surface area contributed by atoms with E-state index >= 15 is 0 Å². The molecule has 0 saturated heterocycles. The van der Waals surface area contributed by atoms with E-state index in [9.17, 15) is 13.2 Å². The van der Waals surface area contributed by atoms with Crippen LogP contribution in [0.25, 0.3) is 11.3 Å². The van der Waals surface area contributed by atoms with Gasteiger partial charge in [-0.1, -0.05) is 0 Å². The maximum absolute atomic E-state index is 12.2. The molecular weight excluding hydrogens is 322 g/mol. The largest absolute Gasteiger partial charge is 0.453 e. The Hall–Kier alpha value is -2.38. The number of anilines is 1. The van der Waals surface area contributed by atoms with Gasteiger partial charge in [-0.05, 0) is 53.9 Å². The number of rotatable bonds is 5. The fraction of sp³-hybridized carbons (Fsp3) is 0. The van der Waals surface area contributed by atoms with E-state index in [1.165, 1.54) is 23.5 Å². The minimum absolute atomic E-state index is 0.159. The van der Waals surface area contributed by atoms with Crippen molar-refractivity contribution in [3.8, 4) is 11.3 Å². The maximum Gasteiger partial charge on any atom is 0.262 e. The number of furan rings is 1. The highest BCUT2D eigenvalue weighted by Gasteiger charge is 2.15. The second kappa shape index (κ2) is 5.78. The van der Waals surface area contributed by atoms with Crippen LogP contribution >= 0.6 is 11.3 Å². The number of carbonyl (C=O) groups excluding carboxylic acids is 1. The fourth-order valence-corrected chi connectivity index (χ4v) is 3.83. The van der Waals surface area contributed by atoms with Crippen LogP contribution in [-0.2, 0) is 10.0 Å². The van der Waals surface area contributed by atoms with Gasteiger partial charge in [0.2, 0.25) is 0 Å². The van der Waals surface area contributed by atoms with Gasteiger partial charge in [0.25, 0.3) is 10.0 Å². The molecule has 0 aliphatic carbocycles. The number of hydrogen-bond acceptors (Lipinski definition) is 5. The Balaban J connectivity index is 1.85. The lowest BCUT2D eigenvalue weighted by molar-refractivity contribution is 0.110. The van der Waals surface area contributed by atoms with Gasteiger partial charge in [0.05, 0.1) is 4.90 Å². The van der Waals surface area contributed by atoms with Crippen LogP contribution in [0.15, 0.2) is 63.2 Å². The van der Waals surface area contributed by atoms with Crippen LogP contribution in [-0.4, -0.2) is 14.7 Å². The Morgan fingerprint density at radius 2 is 1.82 bits per heavy atom. The molecule has 0 radical (unpaired) electrons. The van der Waals surface area contributed by atoms with Gasteiger partial charge < -0.3 is 4.42 Å². The third kappa shape index (κ3) is 2.95. The van der Waals surface area contributed by atoms with Gasteiger partial charge in [-0.3, -0.25) is 9.52 Å². The van der Waals surface area contributed by atoms with Gasteiger partial charge in [-0.2, -0.15) is 0 Å². The zero-order valence-corrected chi connectivity index (χ0v) is 12.9. The lowest BCUT2D eigenvalue weighted by Crippen LogP contribution is -2.11. The summed E-state index contributed by atoms with van der Waals surface area (Å²) in [5.41, 5.74) is 0.697. The molecule has 0 spiro atoms. The average molecular weight is 333 g/mol. The third-order valence-electron chi connectivity index (χ3n) is 2.95. The molecule has 3 aromatic rings. The fourth-order valence-electron chi connectivity index (χ4n) is 1.90. The second-order valence-corrected chi connectivity index (χ2v) is 7.06. The van der Waals surface area contributed by atoms with Crippen molar-refractivity contribution >= 4 is 32.6 Å². The minimum atomic E-state index is -3.61. The molecule has 112 valence electrons. The normalized spacial score (nSPS) is 11.3. The highest BCUT2D eigenvalue weighted by Crippen LogP contribution is 2.25. The summed E-state index contributed by atoms with van der Waals surface area (Å²) in [6.45, 7) is 0. The second-order valence-electron chi connectivity index (χ2n) is 4.43. The van der Waals surface area contributed by atoms with Crippen molar-refractivity contribution < 1.29 is 17.6 Å². The number of benzene rings is 1. The zero-order chi connectivity index (χ0) is 15.6. The minimum Gasteiger partial charge on any atom is -0.453 e. The third-order valence-corrected chi connectivity index (χ3v) is 5.24. The molecule has 3 rings (SSSR count). The number of aldehydes is 1. The van der Waals surface area contributed by atoms with E-state index in [-0.39, 0.29) is 10.7 Å². The summed E-state index contributed by atoms with van der Waals surface area (Å²) < 4.78 is 32.3. The molecule has 1 N–H and O–H groups in total. The predicted molar refractivity (Wildman–Crippen MR) is 84.7 cm³/mol. The molecule has 1 aromatic carbocycles. The van der Waals surface area contributed by atoms with Gasteiger partial charge in [0.15, 0.2) is 12.0 Å². The van der Waals surface area contributed by atoms with Crippen molar-refractivity contribution in [2.24, 2.45) is 0 Å². The SMILES string of the molecule is O=Cc1ccc(-c2ccc(S(=O)(=O)Nc3cccs3)cc2)o1. The van der Waals surface area contributed by atoms with Crippen molar-refractivity contribution in [1.29, 1.82) is 0 Å². The maximum atomic E-state index is 12.2. The van der Waals surface area contributed by atoms with E-state index in [1.807, 2.05) is 0 Å². The van der Waals surface area contributed by atoms with Crippen LogP contribution in [0.4, 0.5) is 5.00 Å². The predicted octanol–water partition coefficient (Wildman–Crippen LogP) is 3.62. The molecule has 0 aliphatic heterocycles. The van der Waals surface area contributed by atoms with Crippen molar-refractivity contribution in [2.75, 3.05) is 4.72 Å². The molecule has 5 nitrogen and oxygen atoms in total. The molecule has 0 atom stereocenters. The Kier molecular flexibility index (Phi) is 3.82. The number of sulfonamides is 1. The molecule has 0 aliphatic rings. The van der Waals surface area contributed by atoms with Crippen LogP contribution in [0.3, 0.4) is 0 Å². The number of nitrogens with one attached hydrogen (secondary N) is 1. The summed E-state index contributed by atoms with van der Waals surface area (Å²) in [5, 5.41) is 2.35. The average Bonchev–Trinajstić information content (AvgIpc) is 3.18. The first-order valence-corrected chi connectivity index (χ1v) is 8.66. The first kappa shape index (κ1) is 14.6. The Morgan fingerprint density at radius 1 is 1.05 bits per heavy atom. The van der Waals surface area contributed by atoms with Crippen LogP contribution in [0.5, 0.6) is 0 Å². The van der Waals surface area contributed by atoms with Gasteiger partial charge in [0.1, 0.15) is 10.8 Å². The monoisotopic (exact) mass is 333 g/mol. The van der Waals surface area contributed by atoms with Gasteiger partial charge in [-0.25, -0.2) is 8.42 Å². The Bertz CT molecular complexity index is 878. The van der Waals surface area contributed by atoms with Crippen molar-refractivity contribution in [3.63, 3.8) is 0 Å². The van der Waals surface area contributed by atoms with Crippen molar-refractivity contribution in [1.82, 2.24) is 0 Å². The zero-order valence-electron chi connectivity index (χ0n) is 11.2. The van der Waals surface area contributed by atoms with E-state index in [1.54, 1.807) is 41.8 Å². The molecule has 2 aromatic heterocycles. The van der Waals surface area contributed by atoms with Crippen LogP contribution in [0.2, 0.25) is 0 Å². The molecule has 0 unspecified atom stereocenters. The van der Waals surface area contributed by atoms with Crippen LogP contribution in [0.1, 0.15) is 10.6 Å². The molecule has 22 heavy (non-hydrogen) atoms. The number of hydrogen-bond donors (Lipinski definition) is 1. The molecule has 0 fully saturated rings. The summed E-state index contributed by atoms with van der Waals surface area (Å²) in [6, 6.07) is 12.9. The van der Waals surface area contributed by atoms with Crippen molar-refractivity contribution in [3.05, 3.63) is 59.7 Å². The van der Waals surface area contributed by atoms with E-state index in [0.717, 1.165) is 0 Å². The highest BCUT2D eigenvalue weighted by atomic mass is 32.2. The summed E-state index contributed by atoms with van der Waals surface area (Å²) in [4.78, 5) is 10.8. The lowest BCUT2D eigenvalue weighted by Gasteiger charge is -2.06. The topological polar surface area (TPSA) is 76.4 Å². The summed E-state index contributed by atoms with van der Waals surface area (Å²) in [7, 11) is -3.61. The molecule has 2 heterocycles. The lowest BCUT2D eigenvalue weighted by atomic mass is 10.2. The van der Waals surface area contributed by atoms with E-state index in [0.29, 0.717) is 22.6 Å². The molecule has 0 amide bonds. The number of carbonyl (C=O) groups is 1. The first-order valence-electron chi connectivity index (χ1n) is 6.30. The number of thiophene rings is 1. The van der Waals surface area contributed by atoms with E-state index in [2.05, 4.69) is 4.72 Å². The summed E-state index contributed by atoms with van der Waals surface area (Å²) in [6.07, 6.45) is 0.618. The van der Waals surface area contributed by atoms with Gasteiger partial charge in [0, 0.05) is 5.56 Å². The van der Waals surface area contributed by atoms with Crippen LogP contribution < -0.4 is 4.72 Å². The Morgan fingerprint density at radius 3 is 2.41 bits per heavy atom. The van der Waals surface area contributed by atoms with E-state index in [4.69, 9.17) is 4.42 Å². The Labute approximate surface area is 131 Å². The quantitative estimate of drug-likeness (QED) is 0.724. The highest BCUT2D eigenvalue weighted by molar-refractivity contribution is 7.93.